The first-order chi connectivity index (χ1) is 22.1. The van der Waals surface area contributed by atoms with E-state index >= 15 is 0 Å². The van der Waals surface area contributed by atoms with Crippen LogP contribution in [0.15, 0.2) is 47.8 Å². The molecule has 1 aromatic carbocycles. The maximum atomic E-state index is 15.0. The van der Waals surface area contributed by atoms with E-state index in [0.717, 1.165) is 16.6 Å². The second-order valence-corrected chi connectivity index (χ2v) is 13.4. The van der Waals surface area contributed by atoms with Crippen LogP contribution in [0.25, 0.3) is 11.3 Å². The molecule has 4 rings (SSSR count). The van der Waals surface area contributed by atoms with E-state index in [1.807, 2.05) is 53.5 Å². The van der Waals surface area contributed by atoms with Gasteiger partial charge < -0.3 is 29.9 Å². The topological polar surface area (TPSA) is 162 Å². The molecule has 48 heavy (non-hydrogen) atoms. The summed E-state index contributed by atoms with van der Waals surface area (Å²) in [6.45, 7) is 13.0. The van der Waals surface area contributed by atoms with Crippen LogP contribution in [0.1, 0.15) is 52.0 Å². The molecular weight excluding hydrogens is 671 g/mol. The summed E-state index contributed by atoms with van der Waals surface area (Å²) in [7, 11) is -2.93. The summed E-state index contributed by atoms with van der Waals surface area (Å²) in [5.74, 6) is -3.13. The minimum Gasteiger partial charge on any atom is -0.384 e. The number of nitrogens with two attached hydrogens (primary N) is 1. The van der Waals surface area contributed by atoms with Crippen LogP contribution in [0.5, 0.6) is 0 Å². The SMILES string of the molecule is CC(C)OB(OC(C)C)OC(C)C.CN1CCN(S(=O)(=O)c2cc(F)c(-c3cnc(N)c(C(=O)Nc4cccnc4)n3)cc2F)CC1.Cl. The smallest absolute Gasteiger partial charge is 0.384 e. The van der Waals surface area contributed by atoms with Crippen molar-refractivity contribution in [2.75, 3.05) is 44.3 Å². The molecule has 1 aliphatic heterocycles. The van der Waals surface area contributed by atoms with E-state index < -0.39 is 39.8 Å². The van der Waals surface area contributed by atoms with E-state index in [1.165, 1.54) is 12.4 Å². The van der Waals surface area contributed by atoms with Crippen LogP contribution in [-0.2, 0) is 24.0 Å². The van der Waals surface area contributed by atoms with Crippen LogP contribution >= 0.6 is 12.4 Å². The van der Waals surface area contributed by atoms with Crippen molar-refractivity contribution in [1.82, 2.24) is 24.2 Å². The molecule has 0 spiro atoms. The van der Waals surface area contributed by atoms with Crippen molar-refractivity contribution < 1.29 is 36.0 Å². The van der Waals surface area contributed by atoms with Gasteiger partial charge >= 0.3 is 7.32 Å². The molecule has 3 heterocycles. The number of carbonyl (C=O) groups excluding carboxylic acids is 1. The first-order valence-corrected chi connectivity index (χ1v) is 16.5. The summed E-state index contributed by atoms with van der Waals surface area (Å²) in [5, 5.41) is 2.53. The molecule has 0 atom stereocenters. The highest BCUT2D eigenvalue weighted by molar-refractivity contribution is 7.89. The van der Waals surface area contributed by atoms with Crippen LogP contribution in [0, 0.1) is 11.6 Å². The molecule has 0 unspecified atom stereocenters. The van der Waals surface area contributed by atoms with Gasteiger partial charge in [0, 0.05) is 56.3 Å². The summed E-state index contributed by atoms with van der Waals surface area (Å²) >= 11 is 0. The Balaban J connectivity index is 0.000000488. The van der Waals surface area contributed by atoms with Crippen molar-refractivity contribution in [2.45, 2.75) is 64.7 Å². The van der Waals surface area contributed by atoms with Gasteiger partial charge in [0.15, 0.2) is 11.5 Å². The molecule has 0 aliphatic carbocycles. The van der Waals surface area contributed by atoms with E-state index in [9.17, 15) is 22.0 Å². The quantitative estimate of drug-likeness (QED) is 0.273. The second kappa shape index (κ2) is 18.4. The summed E-state index contributed by atoms with van der Waals surface area (Å²) in [5.41, 5.74) is 5.27. The number of hydrogen-bond acceptors (Lipinski definition) is 11. The van der Waals surface area contributed by atoms with Gasteiger partial charge in [0.05, 0.1) is 23.8 Å². The number of piperazine rings is 1. The van der Waals surface area contributed by atoms with E-state index in [1.54, 1.807) is 12.1 Å². The number of halogens is 3. The van der Waals surface area contributed by atoms with E-state index in [4.69, 9.17) is 19.7 Å². The molecule has 0 bridgehead atoms. The van der Waals surface area contributed by atoms with Gasteiger partial charge in [-0.25, -0.2) is 27.2 Å². The predicted octanol–water partition coefficient (Wildman–Crippen LogP) is 4.26. The van der Waals surface area contributed by atoms with Gasteiger partial charge in [0.1, 0.15) is 16.5 Å². The number of nitrogens with one attached hydrogen (secondary N) is 1. The first-order valence-electron chi connectivity index (χ1n) is 15.1. The Hall–Kier alpha value is -3.32. The molecule has 18 heteroatoms. The Labute approximate surface area is 287 Å². The lowest BCUT2D eigenvalue weighted by Crippen LogP contribution is -2.47. The Kier molecular flexibility index (Phi) is 15.7. The number of carbonyl (C=O) groups is 1. The Morgan fingerprint density at radius 2 is 1.54 bits per heavy atom. The van der Waals surface area contributed by atoms with Crippen LogP contribution in [0.2, 0.25) is 0 Å². The predicted molar refractivity (Wildman–Crippen MR) is 182 cm³/mol. The molecule has 1 fully saturated rings. The molecule has 1 aliphatic rings. The molecule has 1 amide bonds. The van der Waals surface area contributed by atoms with Gasteiger partial charge in [-0.15, -0.1) is 12.4 Å². The maximum Gasteiger partial charge on any atom is 0.639 e. The fraction of sp³-hybridized carbons (Fsp3) is 0.467. The van der Waals surface area contributed by atoms with Gasteiger partial charge in [-0.05, 0) is 72.9 Å². The fourth-order valence-electron chi connectivity index (χ4n) is 4.18. The van der Waals surface area contributed by atoms with Crippen LogP contribution in [-0.4, -0.2) is 97.3 Å². The average molecular weight is 714 g/mol. The summed E-state index contributed by atoms with van der Waals surface area (Å²) in [6, 6.07) is 4.54. The fourth-order valence-corrected chi connectivity index (χ4v) is 5.66. The first kappa shape index (κ1) is 40.9. The second-order valence-electron chi connectivity index (χ2n) is 11.5. The van der Waals surface area contributed by atoms with Crippen molar-refractivity contribution in [3.8, 4) is 11.3 Å². The van der Waals surface area contributed by atoms with Gasteiger partial charge in [0.2, 0.25) is 10.0 Å². The molecule has 13 nitrogen and oxygen atoms in total. The Morgan fingerprint density at radius 1 is 0.958 bits per heavy atom. The number of nitrogens with zero attached hydrogens (tertiary/aromatic N) is 5. The summed E-state index contributed by atoms with van der Waals surface area (Å²) in [6.07, 6.45) is 4.34. The molecule has 0 radical (unpaired) electrons. The summed E-state index contributed by atoms with van der Waals surface area (Å²) in [4.78, 5) is 25.5. The lowest BCUT2D eigenvalue weighted by atomic mass is 10.1. The lowest BCUT2D eigenvalue weighted by molar-refractivity contribution is 0.0335. The zero-order valence-corrected chi connectivity index (χ0v) is 29.6. The number of nitrogen functional groups attached to an aromatic ring is 1. The van der Waals surface area contributed by atoms with Crippen molar-refractivity contribution in [2.24, 2.45) is 0 Å². The molecule has 0 saturated carbocycles. The van der Waals surface area contributed by atoms with E-state index in [0.29, 0.717) is 24.8 Å². The number of anilines is 2. The number of sulfonamides is 1. The van der Waals surface area contributed by atoms with Crippen LogP contribution in [0.4, 0.5) is 20.3 Å². The third kappa shape index (κ3) is 11.7. The number of pyridine rings is 1. The highest BCUT2D eigenvalue weighted by Crippen LogP contribution is 2.29. The highest BCUT2D eigenvalue weighted by Gasteiger charge is 2.31. The number of likely N-dealkylation sites (N-methyl/N-ethyl adjacent to an activating group) is 1. The summed E-state index contributed by atoms with van der Waals surface area (Å²) < 4.78 is 73.1. The van der Waals surface area contributed by atoms with Crippen molar-refractivity contribution in [1.29, 1.82) is 0 Å². The Morgan fingerprint density at radius 3 is 2.06 bits per heavy atom. The molecule has 3 N–H and O–H groups in total. The molecule has 1 saturated heterocycles. The van der Waals surface area contributed by atoms with E-state index in [2.05, 4.69) is 20.3 Å². The molecular formula is C30H43BClF2N7O6S. The number of hydrogen-bond donors (Lipinski definition) is 2. The monoisotopic (exact) mass is 713 g/mol. The maximum absolute atomic E-state index is 15.0. The van der Waals surface area contributed by atoms with Crippen molar-refractivity contribution >= 4 is 47.2 Å². The Bertz CT molecular complexity index is 1580. The molecule has 2 aromatic heterocycles. The lowest BCUT2D eigenvalue weighted by Gasteiger charge is -2.31. The highest BCUT2D eigenvalue weighted by atomic mass is 35.5. The van der Waals surface area contributed by atoms with Crippen molar-refractivity contribution in [3.63, 3.8) is 0 Å². The largest absolute Gasteiger partial charge is 0.639 e. The molecule has 264 valence electrons. The van der Waals surface area contributed by atoms with Gasteiger partial charge in [0.25, 0.3) is 5.91 Å². The average Bonchev–Trinajstić information content (AvgIpc) is 2.98. The standard InChI is InChI=1S/C21H21F2N7O3S.C9H21BO3.ClH/c1-29-5-7-30(8-6-29)34(32,33)18-10-15(22)14(9-16(18)23)17-12-26-20(24)19(28-17)21(31)27-13-3-2-4-25-11-13;1-7(2)11-10(12-8(3)4)13-9(5)6;/h2-4,9-12H,5-8H2,1H3,(H2,24,26)(H,27,31);7-9H,1-6H3;1H. The number of benzene rings is 1. The van der Waals surface area contributed by atoms with Crippen LogP contribution < -0.4 is 11.1 Å². The number of aromatic nitrogens is 3. The van der Waals surface area contributed by atoms with Crippen LogP contribution in [0.3, 0.4) is 0 Å². The zero-order valence-electron chi connectivity index (χ0n) is 28.0. The number of rotatable bonds is 11. The van der Waals surface area contributed by atoms with E-state index in [-0.39, 0.29) is 66.6 Å². The van der Waals surface area contributed by atoms with Gasteiger partial charge in [-0.1, -0.05) is 0 Å². The van der Waals surface area contributed by atoms with Gasteiger partial charge in [-0.3, -0.25) is 9.78 Å². The van der Waals surface area contributed by atoms with Gasteiger partial charge in [-0.2, -0.15) is 4.31 Å². The minimum atomic E-state index is -4.23. The zero-order chi connectivity index (χ0) is 34.9. The normalized spacial score (nSPS) is 14.0. The van der Waals surface area contributed by atoms with Crippen molar-refractivity contribution in [3.05, 3.63) is 60.2 Å². The number of amides is 1. The minimum absolute atomic E-state index is 0. The third-order valence-electron chi connectivity index (χ3n) is 6.46. The third-order valence-corrected chi connectivity index (χ3v) is 8.38. The molecule has 3 aromatic rings.